The highest BCUT2D eigenvalue weighted by Gasteiger charge is 2.34. The minimum Gasteiger partial charge on any atom is -0.487 e. The van der Waals surface area contributed by atoms with Crippen molar-refractivity contribution in [3.8, 4) is 5.75 Å². The van der Waals surface area contributed by atoms with Crippen LogP contribution in [-0.2, 0) is 21.2 Å². The van der Waals surface area contributed by atoms with E-state index in [4.69, 9.17) is 15.9 Å². The van der Waals surface area contributed by atoms with Crippen molar-refractivity contribution >= 4 is 22.0 Å². The fraction of sp³-hybridized carbons (Fsp3) is 0.600. The largest absolute Gasteiger partial charge is 0.487 e. The van der Waals surface area contributed by atoms with E-state index in [1.54, 1.807) is 13.8 Å². The third kappa shape index (κ3) is 5.23. The predicted octanol–water partition coefficient (Wildman–Crippen LogP) is 1.71. The van der Waals surface area contributed by atoms with Crippen LogP contribution in [0, 0.1) is 26.2 Å². The second kappa shape index (κ2) is 8.81. The Kier molecular flexibility index (Phi) is 7.03. The van der Waals surface area contributed by atoms with Crippen molar-refractivity contribution in [1.29, 1.82) is 5.41 Å². The van der Waals surface area contributed by atoms with Gasteiger partial charge in [-0.2, -0.15) is 4.72 Å². The number of sulfonamides is 1. The first-order chi connectivity index (χ1) is 13.8. The molecule has 0 saturated carbocycles. The minimum absolute atomic E-state index is 0.0637. The Bertz CT molecular complexity index is 957. The van der Waals surface area contributed by atoms with Crippen LogP contribution in [0.5, 0.6) is 5.75 Å². The first kappa shape index (κ1) is 23.9. The van der Waals surface area contributed by atoms with Gasteiger partial charge in [-0.3, -0.25) is 10.2 Å². The molecule has 0 amide bonds. The summed E-state index contributed by atoms with van der Waals surface area (Å²) in [4.78, 5) is 11.8. The molecule has 0 bridgehead atoms. The fourth-order valence-corrected chi connectivity index (χ4v) is 5.55. The number of hydrogen-bond donors (Lipinski definition) is 5. The fourth-order valence-electron chi connectivity index (χ4n) is 3.76. The third-order valence-corrected chi connectivity index (χ3v) is 7.26. The van der Waals surface area contributed by atoms with Crippen molar-refractivity contribution in [2.24, 2.45) is 5.73 Å². The van der Waals surface area contributed by atoms with E-state index in [0.717, 1.165) is 23.3 Å². The van der Waals surface area contributed by atoms with Gasteiger partial charge in [-0.25, -0.2) is 8.42 Å². The van der Waals surface area contributed by atoms with Gasteiger partial charge in [0.05, 0.1) is 4.90 Å². The lowest BCUT2D eigenvalue weighted by atomic mass is 9.88. The summed E-state index contributed by atoms with van der Waals surface area (Å²) < 4.78 is 34.9. The van der Waals surface area contributed by atoms with Crippen molar-refractivity contribution in [3.05, 3.63) is 22.3 Å². The molecule has 0 aromatic heterocycles. The number of guanidine groups is 1. The standard InChI is InChI=1S/C20H32N4O5S/c1-11-12(2)17(13(3)14-8-9-20(4,5)29-16(11)14)30(27,28)24-15(18(25)26)7-6-10-23-19(21)22/h15,24H,6-10H2,1-5H3,(H,25,26)(H4,21,22,23)/t15-/m0/s1. The molecule has 6 N–H and O–H groups in total. The average Bonchev–Trinajstić information content (AvgIpc) is 2.61. The summed E-state index contributed by atoms with van der Waals surface area (Å²) in [5, 5.41) is 19.2. The van der Waals surface area contributed by atoms with Crippen LogP contribution in [0.2, 0.25) is 0 Å². The second-order valence-corrected chi connectivity index (χ2v) is 10.0. The molecule has 2 rings (SSSR count). The number of carboxylic acid groups (broad SMARTS) is 1. The van der Waals surface area contributed by atoms with Crippen molar-refractivity contribution in [2.75, 3.05) is 6.54 Å². The van der Waals surface area contributed by atoms with Gasteiger partial charge < -0.3 is 20.9 Å². The molecule has 1 aliphatic rings. The van der Waals surface area contributed by atoms with Crippen molar-refractivity contribution in [1.82, 2.24) is 10.0 Å². The summed E-state index contributed by atoms with van der Waals surface area (Å²) in [6.45, 7) is 9.58. The molecule has 0 aliphatic carbocycles. The Balaban J connectivity index is 2.36. The SMILES string of the molecule is Cc1c(C)c(S(=O)(=O)N[C@@H](CCCNC(=N)N)C(=O)O)c(C)c2c1OC(C)(C)CC2. The van der Waals surface area contributed by atoms with Gasteiger partial charge in [-0.1, -0.05) is 0 Å². The number of rotatable bonds is 8. The quantitative estimate of drug-likeness (QED) is 0.234. The average molecular weight is 441 g/mol. The molecule has 1 heterocycles. The first-order valence-electron chi connectivity index (χ1n) is 9.91. The molecule has 0 unspecified atom stereocenters. The monoisotopic (exact) mass is 440 g/mol. The third-order valence-electron chi connectivity index (χ3n) is 5.52. The summed E-state index contributed by atoms with van der Waals surface area (Å²) in [6, 6.07) is -1.28. The van der Waals surface area contributed by atoms with Gasteiger partial charge in [0.15, 0.2) is 5.96 Å². The minimum atomic E-state index is -4.08. The van der Waals surface area contributed by atoms with E-state index < -0.39 is 22.0 Å². The van der Waals surface area contributed by atoms with Crippen LogP contribution >= 0.6 is 0 Å². The molecular formula is C20H32N4O5S. The second-order valence-electron chi connectivity index (χ2n) is 8.37. The van der Waals surface area contributed by atoms with Gasteiger partial charge in [-0.15, -0.1) is 0 Å². The van der Waals surface area contributed by atoms with Gasteiger partial charge in [-0.05, 0) is 82.6 Å². The Morgan fingerprint density at radius 3 is 2.47 bits per heavy atom. The molecule has 0 spiro atoms. The van der Waals surface area contributed by atoms with Gasteiger partial charge >= 0.3 is 5.97 Å². The molecule has 168 valence electrons. The van der Waals surface area contributed by atoms with Gasteiger partial charge in [0.2, 0.25) is 10.0 Å². The Labute approximate surface area is 177 Å². The summed E-state index contributed by atoms with van der Waals surface area (Å²) in [5.74, 6) is -0.745. The maximum Gasteiger partial charge on any atom is 0.321 e. The Morgan fingerprint density at radius 1 is 1.27 bits per heavy atom. The zero-order chi connectivity index (χ0) is 22.9. The van der Waals surface area contributed by atoms with E-state index in [1.165, 1.54) is 0 Å². The maximum absolute atomic E-state index is 13.2. The number of carboxylic acids is 1. The summed E-state index contributed by atoms with van der Waals surface area (Å²) in [6.07, 6.45) is 1.85. The Morgan fingerprint density at radius 2 is 1.90 bits per heavy atom. The van der Waals surface area contributed by atoms with E-state index in [0.29, 0.717) is 24.0 Å². The number of nitrogens with two attached hydrogens (primary N) is 1. The first-order valence-corrected chi connectivity index (χ1v) is 11.4. The van der Waals surface area contributed by atoms with Crippen LogP contribution in [0.4, 0.5) is 0 Å². The molecule has 0 radical (unpaired) electrons. The van der Waals surface area contributed by atoms with Crippen LogP contribution < -0.4 is 20.5 Å². The lowest BCUT2D eigenvalue weighted by Crippen LogP contribution is -2.42. The summed E-state index contributed by atoms with van der Waals surface area (Å²) >= 11 is 0. The van der Waals surface area contributed by atoms with Crippen LogP contribution in [0.3, 0.4) is 0 Å². The highest BCUT2D eigenvalue weighted by atomic mass is 32.2. The van der Waals surface area contributed by atoms with Crippen molar-refractivity contribution in [3.63, 3.8) is 0 Å². The molecule has 1 aromatic rings. The summed E-state index contributed by atoms with van der Waals surface area (Å²) in [7, 11) is -4.08. The summed E-state index contributed by atoms with van der Waals surface area (Å²) in [5.41, 5.74) is 7.64. The van der Waals surface area contributed by atoms with Crippen LogP contribution in [0.1, 0.15) is 55.4 Å². The number of hydrogen-bond acceptors (Lipinski definition) is 5. The van der Waals surface area contributed by atoms with E-state index in [-0.39, 0.29) is 29.4 Å². The molecule has 0 fully saturated rings. The number of carbonyl (C=O) groups is 1. The number of aliphatic carboxylic acids is 1. The number of nitrogens with one attached hydrogen (secondary N) is 3. The molecule has 30 heavy (non-hydrogen) atoms. The maximum atomic E-state index is 13.2. The molecular weight excluding hydrogens is 408 g/mol. The number of ether oxygens (including phenoxy) is 1. The number of benzene rings is 1. The van der Waals surface area contributed by atoms with E-state index in [9.17, 15) is 18.3 Å². The predicted molar refractivity (Wildman–Crippen MR) is 115 cm³/mol. The van der Waals surface area contributed by atoms with Gasteiger partial charge in [0, 0.05) is 6.54 Å². The topological polar surface area (TPSA) is 155 Å². The van der Waals surface area contributed by atoms with E-state index >= 15 is 0 Å². The molecule has 1 atom stereocenters. The number of fused-ring (bicyclic) bond motifs is 1. The zero-order valence-corrected chi connectivity index (χ0v) is 19.0. The van der Waals surface area contributed by atoms with E-state index in [1.807, 2.05) is 20.8 Å². The smallest absolute Gasteiger partial charge is 0.321 e. The highest BCUT2D eigenvalue weighted by Crippen LogP contribution is 2.42. The van der Waals surface area contributed by atoms with Gasteiger partial charge in [0.1, 0.15) is 17.4 Å². The van der Waals surface area contributed by atoms with Crippen molar-refractivity contribution in [2.45, 2.75) is 76.8 Å². The van der Waals surface area contributed by atoms with Crippen molar-refractivity contribution < 1.29 is 23.1 Å². The van der Waals surface area contributed by atoms with Gasteiger partial charge in [0.25, 0.3) is 0 Å². The molecule has 10 heteroatoms. The molecule has 1 aliphatic heterocycles. The zero-order valence-electron chi connectivity index (χ0n) is 18.2. The van der Waals surface area contributed by atoms with Crippen LogP contribution in [-0.4, -0.2) is 43.6 Å². The molecule has 0 saturated heterocycles. The normalized spacial score (nSPS) is 16.3. The Hall–Kier alpha value is -2.33. The lowest BCUT2D eigenvalue weighted by Gasteiger charge is -2.35. The highest BCUT2D eigenvalue weighted by molar-refractivity contribution is 7.89. The van der Waals surface area contributed by atoms with Crippen LogP contribution in [0.25, 0.3) is 0 Å². The molecule has 9 nitrogen and oxygen atoms in total. The van der Waals surface area contributed by atoms with E-state index in [2.05, 4.69) is 10.0 Å². The lowest BCUT2D eigenvalue weighted by molar-refractivity contribution is -0.139. The molecule has 1 aromatic carbocycles. The van der Waals surface area contributed by atoms with Crippen LogP contribution in [0.15, 0.2) is 4.90 Å².